The Morgan fingerprint density at radius 2 is 1.72 bits per heavy atom. The summed E-state index contributed by atoms with van der Waals surface area (Å²) in [7, 11) is 1.57. The average Bonchev–Trinajstić information content (AvgIpc) is 3.52. The van der Waals surface area contributed by atoms with E-state index >= 15 is 0 Å². The molecule has 162 valence electrons. The summed E-state index contributed by atoms with van der Waals surface area (Å²) in [5.74, 6) is 0.179. The van der Waals surface area contributed by atoms with Gasteiger partial charge in [0.2, 0.25) is 0 Å². The van der Waals surface area contributed by atoms with Crippen LogP contribution >= 0.6 is 11.3 Å². The van der Waals surface area contributed by atoms with Gasteiger partial charge in [0.1, 0.15) is 16.5 Å². The van der Waals surface area contributed by atoms with Crippen molar-refractivity contribution in [2.24, 2.45) is 0 Å². The van der Waals surface area contributed by atoms with Crippen LogP contribution in [-0.2, 0) is 0 Å². The quantitative estimate of drug-likeness (QED) is 0.404. The van der Waals surface area contributed by atoms with Crippen molar-refractivity contribution >= 4 is 23.2 Å². The van der Waals surface area contributed by atoms with Gasteiger partial charge in [0.05, 0.1) is 19.0 Å². The second kappa shape index (κ2) is 9.88. The highest BCUT2D eigenvalue weighted by molar-refractivity contribution is 7.13. The molecule has 4 aromatic rings. The van der Waals surface area contributed by atoms with Gasteiger partial charge in [0.15, 0.2) is 0 Å². The van der Waals surface area contributed by atoms with Crippen molar-refractivity contribution in [1.29, 1.82) is 0 Å². The maximum absolute atomic E-state index is 12.4. The van der Waals surface area contributed by atoms with Crippen LogP contribution in [0.2, 0.25) is 0 Å². The van der Waals surface area contributed by atoms with Crippen LogP contribution in [-0.4, -0.2) is 46.8 Å². The van der Waals surface area contributed by atoms with Crippen LogP contribution in [0.25, 0.3) is 16.3 Å². The molecule has 9 heteroatoms. The molecule has 0 aliphatic heterocycles. The number of aromatic nitrogens is 3. The number of benzene rings is 2. The number of thiazole rings is 1. The largest absolute Gasteiger partial charge is 0.497 e. The third kappa shape index (κ3) is 5.01. The van der Waals surface area contributed by atoms with Crippen LogP contribution in [0.15, 0.2) is 72.4 Å². The van der Waals surface area contributed by atoms with E-state index in [1.807, 2.05) is 36.5 Å². The van der Waals surface area contributed by atoms with E-state index < -0.39 is 0 Å². The number of hydrogen-bond acceptors (Lipinski definition) is 6. The Balaban J connectivity index is 1.28. The fraction of sp³-hybridized carbons (Fsp3) is 0.130. The van der Waals surface area contributed by atoms with Crippen LogP contribution in [0.5, 0.6) is 5.75 Å². The zero-order chi connectivity index (χ0) is 22.3. The summed E-state index contributed by atoms with van der Waals surface area (Å²) in [6, 6.07) is 16.6. The lowest BCUT2D eigenvalue weighted by atomic mass is 10.2. The fourth-order valence-corrected chi connectivity index (χ4v) is 3.73. The van der Waals surface area contributed by atoms with Gasteiger partial charge in [-0.1, -0.05) is 18.2 Å². The molecule has 0 spiro atoms. The summed E-state index contributed by atoms with van der Waals surface area (Å²) in [5, 5.41) is 12.3. The SMILES string of the molecule is COc1ccc(C(=O)NCCNC(=O)c2csc(-c3cnn(-c4ccccc4)c3)n2)cc1. The van der Waals surface area contributed by atoms with Crippen molar-refractivity contribution in [2.45, 2.75) is 0 Å². The first-order valence-corrected chi connectivity index (χ1v) is 10.8. The van der Waals surface area contributed by atoms with E-state index in [4.69, 9.17) is 4.74 Å². The molecule has 0 radical (unpaired) electrons. The molecule has 8 nitrogen and oxygen atoms in total. The fourth-order valence-electron chi connectivity index (χ4n) is 2.95. The van der Waals surface area contributed by atoms with E-state index in [9.17, 15) is 9.59 Å². The van der Waals surface area contributed by atoms with Gasteiger partial charge in [-0.25, -0.2) is 9.67 Å². The lowest BCUT2D eigenvalue weighted by Gasteiger charge is -2.07. The number of ether oxygens (including phenoxy) is 1. The average molecular weight is 448 g/mol. The minimum Gasteiger partial charge on any atom is -0.497 e. The van der Waals surface area contributed by atoms with Crippen molar-refractivity contribution in [3.05, 3.63) is 83.6 Å². The first-order chi connectivity index (χ1) is 15.6. The Bertz CT molecular complexity index is 1200. The molecule has 2 aromatic carbocycles. The summed E-state index contributed by atoms with van der Waals surface area (Å²) in [6.07, 6.45) is 3.60. The minimum absolute atomic E-state index is 0.215. The molecule has 0 fully saturated rings. The van der Waals surface area contributed by atoms with E-state index in [1.54, 1.807) is 47.6 Å². The Morgan fingerprint density at radius 3 is 2.44 bits per heavy atom. The highest BCUT2D eigenvalue weighted by atomic mass is 32.1. The van der Waals surface area contributed by atoms with Crippen LogP contribution in [0.3, 0.4) is 0 Å². The van der Waals surface area contributed by atoms with Crippen LogP contribution < -0.4 is 15.4 Å². The Labute approximate surface area is 188 Å². The third-order valence-electron chi connectivity index (χ3n) is 4.64. The Morgan fingerprint density at radius 1 is 1.00 bits per heavy atom. The van der Waals surface area contributed by atoms with Gasteiger partial charge in [-0.05, 0) is 36.4 Å². The molecule has 0 saturated heterocycles. The normalized spacial score (nSPS) is 10.5. The second-order valence-electron chi connectivity index (χ2n) is 6.79. The van der Waals surface area contributed by atoms with E-state index in [0.29, 0.717) is 35.1 Å². The molecule has 0 aliphatic rings. The number of hydrogen-bond donors (Lipinski definition) is 2. The van der Waals surface area contributed by atoms with Crippen molar-refractivity contribution < 1.29 is 14.3 Å². The maximum atomic E-state index is 12.4. The monoisotopic (exact) mass is 447 g/mol. The predicted octanol–water partition coefficient (Wildman–Crippen LogP) is 3.16. The molecule has 0 aliphatic carbocycles. The van der Waals surface area contributed by atoms with E-state index in [-0.39, 0.29) is 11.8 Å². The molecular formula is C23H21N5O3S. The standard InChI is InChI=1S/C23H21N5O3S/c1-31-19-9-7-16(8-10-19)21(29)24-11-12-25-22(30)20-15-32-23(27-20)17-13-26-28(14-17)18-5-3-2-4-6-18/h2-10,13-15H,11-12H2,1H3,(H,24,29)(H,25,30). The number of amides is 2. The molecule has 0 bridgehead atoms. The maximum Gasteiger partial charge on any atom is 0.270 e. The van der Waals surface area contributed by atoms with Gasteiger partial charge < -0.3 is 15.4 Å². The topological polar surface area (TPSA) is 98.1 Å². The Hall–Kier alpha value is -3.98. The van der Waals surface area contributed by atoms with Gasteiger partial charge in [0, 0.05) is 35.8 Å². The third-order valence-corrected chi connectivity index (χ3v) is 5.53. The summed E-state index contributed by atoms with van der Waals surface area (Å²) in [5.41, 5.74) is 2.64. The number of methoxy groups -OCH3 is 1. The smallest absolute Gasteiger partial charge is 0.270 e. The van der Waals surface area contributed by atoms with E-state index in [0.717, 1.165) is 11.3 Å². The molecule has 2 N–H and O–H groups in total. The van der Waals surface area contributed by atoms with Gasteiger partial charge in [-0.3, -0.25) is 9.59 Å². The van der Waals surface area contributed by atoms with Gasteiger partial charge in [-0.2, -0.15) is 5.10 Å². The molecule has 4 rings (SSSR count). The second-order valence-corrected chi connectivity index (χ2v) is 7.65. The van der Waals surface area contributed by atoms with Crippen LogP contribution in [0, 0.1) is 0 Å². The summed E-state index contributed by atoms with van der Waals surface area (Å²) < 4.78 is 6.84. The number of nitrogens with one attached hydrogen (secondary N) is 2. The number of rotatable bonds is 8. The first kappa shape index (κ1) is 21.3. The van der Waals surface area contributed by atoms with E-state index in [1.165, 1.54) is 11.3 Å². The minimum atomic E-state index is -0.290. The van der Waals surface area contributed by atoms with Gasteiger partial charge >= 0.3 is 0 Å². The summed E-state index contributed by atoms with van der Waals surface area (Å²) in [6.45, 7) is 0.594. The van der Waals surface area contributed by atoms with Crippen LogP contribution in [0.1, 0.15) is 20.8 Å². The molecule has 2 heterocycles. The lowest BCUT2D eigenvalue weighted by molar-refractivity contribution is 0.0925. The highest BCUT2D eigenvalue weighted by Gasteiger charge is 2.13. The summed E-state index contributed by atoms with van der Waals surface area (Å²) >= 11 is 1.38. The molecule has 2 aromatic heterocycles. The first-order valence-electron chi connectivity index (χ1n) is 9.90. The van der Waals surface area contributed by atoms with Crippen molar-refractivity contribution in [2.75, 3.05) is 20.2 Å². The van der Waals surface area contributed by atoms with E-state index in [2.05, 4.69) is 20.7 Å². The van der Waals surface area contributed by atoms with Crippen molar-refractivity contribution in [1.82, 2.24) is 25.4 Å². The van der Waals surface area contributed by atoms with Gasteiger partial charge in [0.25, 0.3) is 11.8 Å². The lowest BCUT2D eigenvalue weighted by Crippen LogP contribution is -2.34. The molecule has 0 unspecified atom stereocenters. The number of para-hydroxylation sites is 1. The van der Waals surface area contributed by atoms with Crippen molar-refractivity contribution in [3.63, 3.8) is 0 Å². The van der Waals surface area contributed by atoms with Crippen LogP contribution in [0.4, 0.5) is 0 Å². The number of nitrogens with zero attached hydrogens (tertiary/aromatic N) is 3. The zero-order valence-corrected chi connectivity index (χ0v) is 18.1. The molecule has 0 atom stereocenters. The molecule has 32 heavy (non-hydrogen) atoms. The predicted molar refractivity (Wildman–Crippen MR) is 122 cm³/mol. The Kier molecular flexibility index (Phi) is 6.57. The van der Waals surface area contributed by atoms with Crippen molar-refractivity contribution in [3.8, 4) is 22.0 Å². The zero-order valence-electron chi connectivity index (χ0n) is 17.3. The summed E-state index contributed by atoms with van der Waals surface area (Å²) in [4.78, 5) is 28.9. The molecule has 0 saturated carbocycles. The highest BCUT2D eigenvalue weighted by Crippen LogP contribution is 2.24. The molecular weight excluding hydrogens is 426 g/mol. The number of carbonyl (C=O) groups is 2. The van der Waals surface area contributed by atoms with Gasteiger partial charge in [-0.15, -0.1) is 11.3 Å². The molecule has 2 amide bonds. The number of carbonyl (C=O) groups excluding carboxylic acids is 2.